The zero-order chi connectivity index (χ0) is 27.7. The molecule has 0 aromatic heterocycles. The van der Waals surface area contributed by atoms with Crippen LogP contribution in [0.25, 0.3) is 0 Å². The van der Waals surface area contributed by atoms with E-state index in [0.717, 1.165) is 0 Å². The molecule has 0 aliphatic heterocycles. The molecule has 36 heavy (non-hydrogen) atoms. The molecular weight excluding hydrogens is 494 g/mol. The van der Waals surface area contributed by atoms with Crippen LogP contribution in [0.15, 0.2) is 4.99 Å². The number of thiol groups is 1. The Morgan fingerprint density at radius 2 is 1.39 bits per heavy atom. The maximum absolute atomic E-state index is 12.8. The molecule has 14 N–H and O–H groups in total. The first-order valence-electron chi connectivity index (χ1n) is 11.5. The Bertz CT molecular complexity index is 779. The van der Waals surface area contributed by atoms with Gasteiger partial charge in [-0.05, 0) is 38.6 Å². The first-order chi connectivity index (χ1) is 16.9. The third-order valence-electron chi connectivity index (χ3n) is 4.99. The summed E-state index contributed by atoms with van der Waals surface area (Å²) in [5.74, 6) is -4.49. The predicted molar refractivity (Wildman–Crippen MR) is 137 cm³/mol. The van der Waals surface area contributed by atoms with Crippen LogP contribution in [0.1, 0.15) is 44.9 Å². The van der Waals surface area contributed by atoms with Crippen LogP contribution in [-0.2, 0) is 24.0 Å². The van der Waals surface area contributed by atoms with Crippen LogP contribution in [0.5, 0.6) is 0 Å². The van der Waals surface area contributed by atoms with Crippen molar-refractivity contribution in [2.75, 3.05) is 18.8 Å². The Morgan fingerprint density at radius 3 is 1.92 bits per heavy atom. The minimum absolute atomic E-state index is 0.0322. The van der Waals surface area contributed by atoms with Gasteiger partial charge < -0.3 is 49.7 Å². The third-order valence-corrected chi connectivity index (χ3v) is 5.36. The van der Waals surface area contributed by atoms with E-state index in [0.29, 0.717) is 25.8 Å². The van der Waals surface area contributed by atoms with E-state index in [4.69, 9.17) is 28.7 Å². The number of aliphatic imine (C=N–C) groups is 1. The van der Waals surface area contributed by atoms with Gasteiger partial charge in [-0.1, -0.05) is 6.42 Å². The number of unbranched alkanes of at least 4 members (excludes halogenated alkanes) is 1. The van der Waals surface area contributed by atoms with Gasteiger partial charge in [0.2, 0.25) is 23.6 Å². The molecule has 0 aromatic rings. The van der Waals surface area contributed by atoms with E-state index >= 15 is 0 Å². The second-order valence-electron chi connectivity index (χ2n) is 8.05. The highest BCUT2D eigenvalue weighted by molar-refractivity contribution is 7.80. The smallest absolute Gasteiger partial charge is 0.326 e. The van der Waals surface area contributed by atoms with Crippen LogP contribution in [0.3, 0.4) is 0 Å². The summed E-state index contributed by atoms with van der Waals surface area (Å²) < 4.78 is 0. The number of aliphatic carboxylic acids is 1. The second-order valence-corrected chi connectivity index (χ2v) is 8.41. The molecule has 0 aliphatic carbocycles. The number of guanidine groups is 1. The molecule has 0 aliphatic rings. The minimum atomic E-state index is -1.28. The fourth-order valence-electron chi connectivity index (χ4n) is 2.97. The standard InChI is InChI=1S/C20H39N9O6S/c21-8-2-1-4-11(22)16(31)27-12(6-7-15(23)30)17(32)29-14(10-36)18(33)28-13(19(34)35)5-3-9-26-20(24)25/h11-14,36H,1-10,21-22H2,(H2,23,30)(H,27,31)(H,28,33)(H,29,32)(H,34,35)(H4,24,25,26). The molecule has 206 valence electrons. The quantitative estimate of drug-likeness (QED) is 0.0334. The molecule has 15 nitrogen and oxygen atoms in total. The summed E-state index contributed by atoms with van der Waals surface area (Å²) in [6.07, 6.45) is 1.60. The van der Waals surface area contributed by atoms with Crippen LogP contribution in [0.4, 0.5) is 0 Å². The number of hydrogen-bond acceptors (Lipinski definition) is 9. The van der Waals surface area contributed by atoms with Gasteiger partial charge in [0.15, 0.2) is 5.96 Å². The molecule has 0 saturated heterocycles. The van der Waals surface area contributed by atoms with Crippen molar-refractivity contribution in [2.24, 2.45) is 33.7 Å². The average molecular weight is 534 g/mol. The molecule has 4 unspecified atom stereocenters. The number of nitrogens with one attached hydrogen (secondary N) is 3. The molecule has 0 fully saturated rings. The zero-order valence-corrected chi connectivity index (χ0v) is 21.0. The molecule has 16 heteroatoms. The largest absolute Gasteiger partial charge is 0.480 e. The van der Waals surface area contributed by atoms with E-state index in [1.165, 1.54) is 0 Å². The lowest BCUT2D eigenvalue weighted by atomic mass is 10.1. The predicted octanol–water partition coefficient (Wildman–Crippen LogP) is -3.77. The summed E-state index contributed by atoms with van der Waals surface area (Å²) in [6, 6.07) is -4.61. The number of amides is 4. The Hall–Kier alpha value is -3.11. The molecule has 0 heterocycles. The molecular formula is C20H39N9O6S. The summed E-state index contributed by atoms with van der Waals surface area (Å²) in [5.41, 5.74) is 26.9. The van der Waals surface area contributed by atoms with Gasteiger partial charge in [-0.15, -0.1) is 0 Å². The number of rotatable bonds is 19. The SMILES string of the molecule is NCCCCC(N)C(=O)NC(CCC(N)=O)C(=O)NC(CS)C(=O)NC(CCCN=C(N)N)C(=O)O. The minimum Gasteiger partial charge on any atom is -0.480 e. The molecule has 0 radical (unpaired) electrons. The molecule has 0 rings (SSSR count). The summed E-state index contributed by atoms with van der Waals surface area (Å²) in [4.78, 5) is 64.4. The highest BCUT2D eigenvalue weighted by Crippen LogP contribution is 2.04. The van der Waals surface area contributed by atoms with Crippen LogP contribution >= 0.6 is 12.6 Å². The highest BCUT2D eigenvalue weighted by atomic mass is 32.1. The fraction of sp³-hybridized carbons (Fsp3) is 0.700. The number of nitrogens with two attached hydrogens (primary N) is 5. The average Bonchev–Trinajstić information content (AvgIpc) is 2.81. The lowest BCUT2D eigenvalue weighted by molar-refractivity contribution is -0.142. The molecule has 0 spiro atoms. The Labute approximate surface area is 215 Å². The maximum atomic E-state index is 12.8. The summed E-state index contributed by atoms with van der Waals surface area (Å²) >= 11 is 4.06. The number of primary amides is 1. The lowest BCUT2D eigenvalue weighted by Gasteiger charge is -2.24. The van der Waals surface area contributed by atoms with Gasteiger partial charge in [-0.25, -0.2) is 4.79 Å². The normalized spacial score (nSPS) is 14.0. The Kier molecular flexibility index (Phi) is 16.6. The van der Waals surface area contributed by atoms with E-state index < -0.39 is 53.8 Å². The first kappa shape index (κ1) is 32.9. The number of nitrogens with zero attached hydrogens (tertiary/aromatic N) is 1. The summed E-state index contributed by atoms with van der Waals surface area (Å²) in [6.45, 7) is 0.620. The Balaban J connectivity index is 5.21. The van der Waals surface area contributed by atoms with E-state index in [9.17, 15) is 29.1 Å². The van der Waals surface area contributed by atoms with Gasteiger partial charge in [-0.3, -0.25) is 24.2 Å². The van der Waals surface area contributed by atoms with Gasteiger partial charge >= 0.3 is 5.97 Å². The van der Waals surface area contributed by atoms with Crippen molar-refractivity contribution in [1.82, 2.24) is 16.0 Å². The zero-order valence-electron chi connectivity index (χ0n) is 20.2. The summed E-state index contributed by atoms with van der Waals surface area (Å²) in [5, 5.41) is 16.6. The number of carbonyl (C=O) groups is 5. The van der Waals surface area contributed by atoms with Crippen LogP contribution in [0.2, 0.25) is 0 Å². The highest BCUT2D eigenvalue weighted by Gasteiger charge is 2.29. The number of hydrogen-bond donors (Lipinski definition) is 10. The van der Waals surface area contributed by atoms with Gasteiger partial charge in [0.25, 0.3) is 0 Å². The van der Waals surface area contributed by atoms with Gasteiger partial charge in [0.05, 0.1) is 6.04 Å². The van der Waals surface area contributed by atoms with Crippen molar-refractivity contribution < 1.29 is 29.1 Å². The van der Waals surface area contributed by atoms with Crippen molar-refractivity contribution in [2.45, 2.75) is 69.1 Å². The van der Waals surface area contributed by atoms with Crippen molar-refractivity contribution in [3.63, 3.8) is 0 Å². The Morgan fingerprint density at radius 1 is 0.806 bits per heavy atom. The number of carboxylic acid groups (broad SMARTS) is 1. The number of carboxylic acids is 1. The molecule has 0 saturated carbocycles. The van der Waals surface area contributed by atoms with E-state index in [1.807, 2.05) is 0 Å². The topological polar surface area (TPSA) is 284 Å². The lowest BCUT2D eigenvalue weighted by Crippen LogP contribution is -2.57. The van der Waals surface area contributed by atoms with Crippen LogP contribution in [0, 0.1) is 0 Å². The molecule has 4 amide bonds. The monoisotopic (exact) mass is 533 g/mol. The van der Waals surface area contributed by atoms with E-state index in [-0.39, 0.29) is 43.9 Å². The van der Waals surface area contributed by atoms with E-state index in [1.54, 1.807) is 0 Å². The molecule has 4 atom stereocenters. The van der Waals surface area contributed by atoms with E-state index in [2.05, 4.69) is 33.6 Å². The van der Waals surface area contributed by atoms with Crippen LogP contribution < -0.4 is 44.6 Å². The first-order valence-corrected chi connectivity index (χ1v) is 12.1. The maximum Gasteiger partial charge on any atom is 0.326 e. The van der Waals surface area contributed by atoms with Crippen molar-refractivity contribution in [3.05, 3.63) is 0 Å². The van der Waals surface area contributed by atoms with Gasteiger partial charge in [0, 0.05) is 18.7 Å². The van der Waals surface area contributed by atoms with Gasteiger partial charge in [0.1, 0.15) is 18.1 Å². The van der Waals surface area contributed by atoms with Crippen molar-refractivity contribution >= 4 is 48.2 Å². The summed E-state index contributed by atoms with van der Waals surface area (Å²) in [7, 11) is 0. The van der Waals surface area contributed by atoms with Gasteiger partial charge in [-0.2, -0.15) is 12.6 Å². The number of carbonyl (C=O) groups excluding carboxylic acids is 4. The van der Waals surface area contributed by atoms with Crippen molar-refractivity contribution in [3.8, 4) is 0 Å². The fourth-order valence-corrected chi connectivity index (χ4v) is 3.23. The second kappa shape index (κ2) is 18.2. The molecule has 0 bridgehead atoms. The third kappa shape index (κ3) is 14.3. The molecule has 0 aromatic carbocycles. The van der Waals surface area contributed by atoms with Crippen molar-refractivity contribution in [1.29, 1.82) is 0 Å². The van der Waals surface area contributed by atoms with Crippen LogP contribution in [-0.4, -0.2) is 83.7 Å².